The third-order valence-corrected chi connectivity index (χ3v) is 11.1. The molecule has 0 spiro atoms. The number of carbonyl (C=O) groups is 2. The Morgan fingerprint density at radius 1 is 0.965 bits per heavy atom. The molecule has 12 nitrogen and oxygen atoms in total. The third kappa shape index (κ3) is 9.14. The van der Waals surface area contributed by atoms with Crippen molar-refractivity contribution in [1.82, 2.24) is 29.9 Å². The molecular formula is C45H56N8O4. The molecule has 2 amide bonds. The lowest BCUT2D eigenvalue weighted by Gasteiger charge is -2.36. The first-order chi connectivity index (χ1) is 27.6. The van der Waals surface area contributed by atoms with Gasteiger partial charge in [0, 0.05) is 85.5 Å². The molecular weight excluding hydrogens is 717 g/mol. The van der Waals surface area contributed by atoms with Crippen LogP contribution in [0.4, 0.5) is 5.69 Å². The van der Waals surface area contributed by atoms with E-state index < -0.39 is 5.91 Å². The van der Waals surface area contributed by atoms with Crippen LogP contribution in [0.15, 0.2) is 72.9 Å². The Balaban J connectivity index is 1.29. The van der Waals surface area contributed by atoms with Crippen molar-refractivity contribution in [3.05, 3.63) is 106 Å². The van der Waals surface area contributed by atoms with Crippen molar-refractivity contribution in [1.29, 1.82) is 0 Å². The Kier molecular flexibility index (Phi) is 12.5. The van der Waals surface area contributed by atoms with E-state index in [9.17, 15) is 9.59 Å². The van der Waals surface area contributed by atoms with Gasteiger partial charge in [-0.3, -0.25) is 14.5 Å². The number of rotatable bonds is 14. The zero-order valence-electron chi connectivity index (χ0n) is 33.9. The van der Waals surface area contributed by atoms with Crippen molar-refractivity contribution in [2.45, 2.75) is 91.3 Å². The fraction of sp³-hybridized carbons (Fsp3) is 0.422. The highest BCUT2D eigenvalue weighted by Gasteiger charge is 2.27. The molecule has 4 heterocycles. The van der Waals surface area contributed by atoms with Crippen molar-refractivity contribution in [3.63, 3.8) is 0 Å². The fourth-order valence-corrected chi connectivity index (χ4v) is 8.42. The quantitative estimate of drug-likeness (QED) is 0.117. The molecule has 2 saturated heterocycles. The standard InChI is InChI=1S/C45H56N8O4/c1-6-40-39(42(49-37-16-18-57-19-17-37)38-23-47-53(7-2)44(38)50-40)28-52(45(55)35-13-9-12-34(22-35)43(46)54)27-36-21-33(14-15-41(36)56-5)32-11-8-10-31(20-32)26-51-24-29(3)48-30(4)25-51/h8-15,20-23,29-30,37,48H,6-7,16-19,24-28H2,1-5H3,(H2,46,54)(H,49,50)/t29-,30+. The first-order valence-electron chi connectivity index (χ1n) is 20.3. The maximum atomic E-state index is 14.8. The number of pyridine rings is 1. The van der Waals surface area contributed by atoms with E-state index in [1.54, 1.807) is 31.4 Å². The number of carbonyl (C=O) groups excluding carboxylic acids is 2. The van der Waals surface area contributed by atoms with Gasteiger partial charge in [0.15, 0.2) is 5.65 Å². The molecule has 2 aliphatic rings. The number of methoxy groups -OCH3 is 1. The number of amides is 2. The molecule has 0 radical (unpaired) electrons. The van der Waals surface area contributed by atoms with Gasteiger partial charge in [0.05, 0.1) is 37.5 Å². The van der Waals surface area contributed by atoms with Crippen LogP contribution in [0.1, 0.15) is 83.6 Å². The summed E-state index contributed by atoms with van der Waals surface area (Å²) in [4.78, 5) is 36.6. The van der Waals surface area contributed by atoms with Gasteiger partial charge < -0.3 is 30.7 Å². The lowest BCUT2D eigenvalue weighted by molar-refractivity contribution is 0.0728. The zero-order valence-corrected chi connectivity index (χ0v) is 33.9. The van der Waals surface area contributed by atoms with Crippen LogP contribution >= 0.6 is 0 Å². The van der Waals surface area contributed by atoms with Crippen LogP contribution in [-0.2, 0) is 37.3 Å². The number of nitrogens with zero attached hydrogens (tertiary/aromatic N) is 5. The van der Waals surface area contributed by atoms with E-state index in [4.69, 9.17) is 20.2 Å². The van der Waals surface area contributed by atoms with Gasteiger partial charge in [-0.2, -0.15) is 5.10 Å². The summed E-state index contributed by atoms with van der Waals surface area (Å²) in [5.41, 5.74) is 14.2. The summed E-state index contributed by atoms with van der Waals surface area (Å²) in [6.07, 6.45) is 4.27. The van der Waals surface area contributed by atoms with E-state index in [1.807, 2.05) is 21.8 Å². The van der Waals surface area contributed by atoms with Crippen LogP contribution in [0.25, 0.3) is 22.2 Å². The Morgan fingerprint density at radius 2 is 1.70 bits per heavy atom. The van der Waals surface area contributed by atoms with Crippen molar-refractivity contribution in [2.24, 2.45) is 5.73 Å². The smallest absolute Gasteiger partial charge is 0.254 e. The predicted octanol–water partition coefficient (Wildman–Crippen LogP) is 6.40. The molecule has 57 heavy (non-hydrogen) atoms. The predicted molar refractivity (Wildman–Crippen MR) is 224 cm³/mol. The van der Waals surface area contributed by atoms with Crippen LogP contribution in [0.5, 0.6) is 5.75 Å². The summed E-state index contributed by atoms with van der Waals surface area (Å²) in [5, 5.41) is 13.1. The van der Waals surface area contributed by atoms with Crippen LogP contribution < -0.4 is 21.1 Å². The SMILES string of the molecule is CCc1nc2c(cnn2CC)c(NC2CCOCC2)c1CN(Cc1cc(-c2cccc(CN3C[C@@H](C)N[C@@H](C)C3)c2)ccc1OC)C(=O)c1cccc(C(N)=O)c1. The van der Waals surface area contributed by atoms with Gasteiger partial charge in [0.25, 0.3) is 5.91 Å². The monoisotopic (exact) mass is 772 g/mol. The molecule has 300 valence electrons. The number of nitrogens with two attached hydrogens (primary N) is 1. The summed E-state index contributed by atoms with van der Waals surface area (Å²) >= 11 is 0. The second-order valence-electron chi connectivity index (χ2n) is 15.5. The molecule has 0 saturated carbocycles. The molecule has 7 rings (SSSR count). The zero-order chi connectivity index (χ0) is 40.1. The highest BCUT2D eigenvalue weighted by atomic mass is 16.5. The van der Waals surface area contributed by atoms with Gasteiger partial charge in [0.1, 0.15) is 5.75 Å². The van der Waals surface area contributed by atoms with Gasteiger partial charge in [-0.15, -0.1) is 0 Å². The molecule has 2 aliphatic heterocycles. The number of piperazine rings is 1. The number of fused-ring (bicyclic) bond motifs is 1. The molecule has 0 unspecified atom stereocenters. The largest absolute Gasteiger partial charge is 0.496 e. The molecule has 2 aromatic heterocycles. The first-order valence-corrected chi connectivity index (χ1v) is 20.3. The average molecular weight is 773 g/mol. The molecule has 12 heteroatoms. The van der Waals surface area contributed by atoms with Crippen LogP contribution in [0.2, 0.25) is 0 Å². The minimum absolute atomic E-state index is 0.195. The van der Waals surface area contributed by atoms with E-state index in [0.717, 1.165) is 77.1 Å². The van der Waals surface area contributed by atoms with Gasteiger partial charge in [-0.05, 0) is 93.1 Å². The topological polar surface area (TPSA) is 140 Å². The van der Waals surface area contributed by atoms with Gasteiger partial charge >= 0.3 is 0 Å². The summed E-state index contributed by atoms with van der Waals surface area (Å²) < 4.78 is 13.6. The molecule has 2 fully saturated rings. The maximum absolute atomic E-state index is 14.8. The summed E-state index contributed by atoms with van der Waals surface area (Å²) in [5.74, 6) is -0.153. The molecule has 5 aromatic rings. The van der Waals surface area contributed by atoms with Crippen molar-refractivity contribution in [2.75, 3.05) is 38.7 Å². The Labute approximate surface area is 335 Å². The number of aryl methyl sites for hydroxylation is 2. The van der Waals surface area contributed by atoms with E-state index >= 15 is 0 Å². The number of anilines is 1. The minimum atomic E-state index is -0.590. The van der Waals surface area contributed by atoms with Gasteiger partial charge in [-0.1, -0.05) is 37.3 Å². The summed E-state index contributed by atoms with van der Waals surface area (Å²) in [6, 6.07) is 22.6. The van der Waals surface area contributed by atoms with Crippen molar-refractivity contribution < 1.29 is 19.1 Å². The average Bonchev–Trinajstić information content (AvgIpc) is 3.64. The lowest BCUT2D eigenvalue weighted by atomic mass is 9.99. The van der Waals surface area contributed by atoms with Crippen molar-refractivity contribution >= 4 is 28.5 Å². The van der Waals surface area contributed by atoms with Gasteiger partial charge in [-0.25, -0.2) is 9.67 Å². The maximum Gasteiger partial charge on any atom is 0.254 e. The number of hydrogen-bond acceptors (Lipinski definition) is 9. The van der Waals surface area contributed by atoms with E-state index in [0.29, 0.717) is 49.6 Å². The van der Waals surface area contributed by atoms with Crippen LogP contribution in [-0.4, -0.2) is 87.9 Å². The van der Waals surface area contributed by atoms with Gasteiger partial charge in [0.2, 0.25) is 5.91 Å². The number of aromatic nitrogens is 3. The van der Waals surface area contributed by atoms with Crippen LogP contribution in [0.3, 0.4) is 0 Å². The van der Waals surface area contributed by atoms with E-state index in [-0.39, 0.29) is 30.6 Å². The van der Waals surface area contributed by atoms with E-state index in [2.05, 4.69) is 84.7 Å². The minimum Gasteiger partial charge on any atom is -0.496 e. The Bertz CT molecular complexity index is 2200. The number of nitrogens with one attached hydrogen (secondary N) is 2. The first kappa shape index (κ1) is 39.9. The summed E-state index contributed by atoms with van der Waals surface area (Å²) in [7, 11) is 1.66. The molecule has 4 N–H and O–H groups in total. The fourth-order valence-electron chi connectivity index (χ4n) is 8.42. The lowest BCUT2D eigenvalue weighted by Crippen LogP contribution is -2.53. The highest BCUT2D eigenvalue weighted by molar-refractivity contribution is 5.99. The highest BCUT2D eigenvalue weighted by Crippen LogP contribution is 2.35. The second-order valence-corrected chi connectivity index (χ2v) is 15.5. The number of primary amides is 1. The molecule has 3 aromatic carbocycles. The Hall–Kier alpha value is -5.30. The number of ether oxygens (including phenoxy) is 2. The second kappa shape index (κ2) is 17.9. The number of benzene rings is 3. The molecule has 0 bridgehead atoms. The summed E-state index contributed by atoms with van der Waals surface area (Å²) in [6.45, 7) is 14.0. The van der Waals surface area contributed by atoms with Crippen molar-refractivity contribution in [3.8, 4) is 16.9 Å². The normalized spacial score (nSPS) is 17.8. The molecule has 0 aliphatic carbocycles. The van der Waals surface area contributed by atoms with Crippen LogP contribution in [0, 0.1) is 0 Å². The Morgan fingerprint density at radius 3 is 2.42 bits per heavy atom. The molecule has 2 atom stereocenters. The third-order valence-electron chi connectivity index (χ3n) is 11.1. The van der Waals surface area contributed by atoms with E-state index in [1.165, 1.54) is 5.56 Å². The number of hydrogen-bond donors (Lipinski definition) is 3.